The summed E-state index contributed by atoms with van der Waals surface area (Å²) in [5, 5.41) is 5.31. The number of rotatable bonds is 4. The van der Waals surface area contributed by atoms with Gasteiger partial charge in [-0.1, -0.05) is 0 Å². The molecule has 1 heterocycles. The maximum Gasteiger partial charge on any atom is 0.239 e. The molecule has 2 N–H and O–H groups in total. The fraction of sp³-hybridized carbons (Fsp3) is 0.375. The predicted octanol–water partition coefficient (Wildman–Crippen LogP) is -0.357. The molecule has 0 aromatic carbocycles. The van der Waals surface area contributed by atoms with E-state index in [4.69, 9.17) is 4.74 Å². The molecule has 6 nitrogen and oxygen atoms in total. The smallest absolute Gasteiger partial charge is 0.239 e. The average Bonchev–Trinajstić information content (AvgIpc) is 2.26. The monoisotopic (exact) mass is 196 g/mol. The molecule has 1 aromatic rings. The molecular formula is C8H12N4O2. The maximum atomic E-state index is 10.9. The summed E-state index contributed by atoms with van der Waals surface area (Å²) in [6.45, 7) is 0.177. The number of nitrogens with zero attached hydrogens (tertiary/aromatic N) is 2. The van der Waals surface area contributed by atoms with Crippen LogP contribution in [0.3, 0.4) is 0 Å². The van der Waals surface area contributed by atoms with Crippen LogP contribution in [0.15, 0.2) is 12.4 Å². The van der Waals surface area contributed by atoms with Crippen molar-refractivity contribution in [1.29, 1.82) is 0 Å². The third-order valence-corrected chi connectivity index (χ3v) is 1.56. The van der Waals surface area contributed by atoms with E-state index in [1.807, 2.05) is 0 Å². The van der Waals surface area contributed by atoms with Crippen LogP contribution in [-0.2, 0) is 4.79 Å². The Kier molecular flexibility index (Phi) is 3.66. The van der Waals surface area contributed by atoms with E-state index in [0.717, 1.165) is 0 Å². The molecule has 0 fully saturated rings. The quantitative estimate of drug-likeness (QED) is 0.688. The summed E-state index contributed by atoms with van der Waals surface area (Å²) < 4.78 is 4.90. The van der Waals surface area contributed by atoms with E-state index in [1.165, 1.54) is 13.4 Å². The molecule has 0 aliphatic carbocycles. The van der Waals surface area contributed by atoms with Gasteiger partial charge in [0, 0.05) is 13.1 Å². The lowest BCUT2D eigenvalue weighted by Gasteiger charge is -2.04. The zero-order chi connectivity index (χ0) is 10.4. The van der Waals surface area contributed by atoms with Crippen molar-refractivity contribution < 1.29 is 9.53 Å². The summed E-state index contributed by atoms with van der Waals surface area (Å²) in [6.07, 6.45) is 1.37. The standard InChI is InChI=1S/C8H12N4O2/c1-9-7(13)4-10-6-3-8(14-2)12-5-11-6/h3,5H,4H2,1-2H3,(H,9,13)(H,10,11,12). The molecular weight excluding hydrogens is 184 g/mol. The van der Waals surface area contributed by atoms with Gasteiger partial charge in [-0.15, -0.1) is 0 Å². The van der Waals surface area contributed by atoms with E-state index >= 15 is 0 Å². The zero-order valence-corrected chi connectivity index (χ0v) is 8.07. The van der Waals surface area contributed by atoms with Crippen molar-refractivity contribution in [3.8, 4) is 5.88 Å². The number of hydrogen-bond donors (Lipinski definition) is 2. The number of likely N-dealkylation sites (N-methyl/N-ethyl adjacent to an activating group) is 1. The van der Waals surface area contributed by atoms with Gasteiger partial charge in [-0.25, -0.2) is 9.97 Å². The van der Waals surface area contributed by atoms with Crippen LogP contribution in [0.2, 0.25) is 0 Å². The number of ether oxygens (including phenoxy) is 1. The molecule has 0 radical (unpaired) electrons. The molecule has 0 aliphatic heterocycles. The lowest BCUT2D eigenvalue weighted by atomic mass is 10.5. The summed E-state index contributed by atoms with van der Waals surface area (Å²) in [4.78, 5) is 18.6. The third kappa shape index (κ3) is 2.89. The number of anilines is 1. The Labute approximate surface area is 81.7 Å². The van der Waals surface area contributed by atoms with Gasteiger partial charge in [0.2, 0.25) is 11.8 Å². The van der Waals surface area contributed by atoms with Crippen LogP contribution in [-0.4, -0.2) is 36.6 Å². The Morgan fingerprint density at radius 2 is 2.36 bits per heavy atom. The molecule has 0 aliphatic rings. The second kappa shape index (κ2) is 5.00. The van der Waals surface area contributed by atoms with Crippen LogP contribution in [0.4, 0.5) is 5.82 Å². The first-order chi connectivity index (χ1) is 6.76. The Morgan fingerprint density at radius 1 is 1.57 bits per heavy atom. The predicted molar refractivity (Wildman–Crippen MR) is 51.1 cm³/mol. The van der Waals surface area contributed by atoms with Crippen molar-refractivity contribution in [3.05, 3.63) is 12.4 Å². The van der Waals surface area contributed by atoms with Crippen molar-refractivity contribution >= 4 is 11.7 Å². The van der Waals surface area contributed by atoms with Crippen LogP contribution >= 0.6 is 0 Å². The molecule has 0 bridgehead atoms. The lowest BCUT2D eigenvalue weighted by Crippen LogP contribution is -2.26. The number of carbonyl (C=O) groups is 1. The third-order valence-electron chi connectivity index (χ3n) is 1.56. The van der Waals surface area contributed by atoms with E-state index in [0.29, 0.717) is 11.7 Å². The maximum absolute atomic E-state index is 10.9. The van der Waals surface area contributed by atoms with E-state index < -0.39 is 0 Å². The van der Waals surface area contributed by atoms with Crippen LogP contribution in [0.5, 0.6) is 5.88 Å². The van der Waals surface area contributed by atoms with Crippen LogP contribution in [0, 0.1) is 0 Å². The molecule has 1 amide bonds. The summed E-state index contributed by atoms with van der Waals surface area (Å²) in [5.74, 6) is 0.905. The van der Waals surface area contributed by atoms with Crippen molar-refractivity contribution in [3.63, 3.8) is 0 Å². The number of hydrogen-bond acceptors (Lipinski definition) is 5. The van der Waals surface area contributed by atoms with Gasteiger partial charge in [-0.05, 0) is 0 Å². The van der Waals surface area contributed by atoms with E-state index in [9.17, 15) is 4.79 Å². The number of amides is 1. The van der Waals surface area contributed by atoms with Crippen molar-refractivity contribution in [1.82, 2.24) is 15.3 Å². The second-order valence-corrected chi connectivity index (χ2v) is 2.47. The van der Waals surface area contributed by atoms with Crippen molar-refractivity contribution in [2.75, 3.05) is 26.0 Å². The molecule has 0 unspecified atom stereocenters. The van der Waals surface area contributed by atoms with Gasteiger partial charge in [0.05, 0.1) is 13.7 Å². The Bertz CT molecular complexity index is 316. The van der Waals surface area contributed by atoms with Gasteiger partial charge in [-0.2, -0.15) is 0 Å². The first kappa shape index (κ1) is 10.2. The topological polar surface area (TPSA) is 76.1 Å². The average molecular weight is 196 g/mol. The number of methoxy groups -OCH3 is 1. The minimum Gasteiger partial charge on any atom is -0.481 e. The van der Waals surface area contributed by atoms with Gasteiger partial charge >= 0.3 is 0 Å². The first-order valence-corrected chi connectivity index (χ1v) is 4.06. The number of aromatic nitrogens is 2. The zero-order valence-electron chi connectivity index (χ0n) is 8.07. The van der Waals surface area contributed by atoms with Gasteiger partial charge in [0.1, 0.15) is 12.1 Å². The summed E-state index contributed by atoms with van der Waals surface area (Å²) in [6, 6.07) is 1.61. The van der Waals surface area contributed by atoms with Crippen molar-refractivity contribution in [2.24, 2.45) is 0 Å². The molecule has 0 atom stereocenters. The van der Waals surface area contributed by atoms with E-state index in [1.54, 1.807) is 13.1 Å². The SMILES string of the molecule is CNC(=O)CNc1cc(OC)ncn1. The minimum atomic E-state index is -0.109. The summed E-state index contributed by atoms with van der Waals surface area (Å²) >= 11 is 0. The summed E-state index contributed by atoms with van der Waals surface area (Å²) in [5.41, 5.74) is 0. The number of carbonyl (C=O) groups excluding carboxylic acids is 1. The van der Waals surface area contributed by atoms with Crippen LogP contribution in [0.25, 0.3) is 0 Å². The van der Waals surface area contributed by atoms with Gasteiger partial charge in [0.25, 0.3) is 0 Å². The molecule has 0 saturated heterocycles. The fourth-order valence-corrected chi connectivity index (χ4v) is 0.807. The van der Waals surface area contributed by atoms with E-state index in [-0.39, 0.29) is 12.5 Å². The largest absolute Gasteiger partial charge is 0.481 e. The first-order valence-electron chi connectivity index (χ1n) is 4.06. The Hall–Kier alpha value is -1.85. The summed E-state index contributed by atoms with van der Waals surface area (Å²) in [7, 11) is 3.09. The molecule has 0 spiro atoms. The molecule has 1 aromatic heterocycles. The molecule has 0 saturated carbocycles. The molecule has 14 heavy (non-hydrogen) atoms. The van der Waals surface area contributed by atoms with Crippen LogP contribution in [0.1, 0.15) is 0 Å². The van der Waals surface area contributed by atoms with Gasteiger partial charge < -0.3 is 15.4 Å². The Morgan fingerprint density at radius 3 is 3.00 bits per heavy atom. The van der Waals surface area contributed by atoms with Crippen molar-refractivity contribution in [2.45, 2.75) is 0 Å². The highest BCUT2D eigenvalue weighted by atomic mass is 16.5. The highest BCUT2D eigenvalue weighted by Crippen LogP contribution is 2.09. The van der Waals surface area contributed by atoms with E-state index in [2.05, 4.69) is 20.6 Å². The lowest BCUT2D eigenvalue weighted by molar-refractivity contribution is -0.118. The van der Waals surface area contributed by atoms with Crippen LogP contribution < -0.4 is 15.4 Å². The second-order valence-electron chi connectivity index (χ2n) is 2.47. The highest BCUT2D eigenvalue weighted by Gasteiger charge is 2.00. The normalized spacial score (nSPS) is 9.29. The fourth-order valence-electron chi connectivity index (χ4n) is 0.807. The molecule has 76 valence electrons. The van der Waals surface area contributed by atoms with Gasteiger partial charge in [-0.3, -0.25) is 4.79 Å². The minimum absolute atomic E-state index is 0.109. The Balaban J connectivity index is 2.54. The number of nitrogens with one attached hydrogen (secondary N) is 2. The van der Waals surface area contributed by atoms with Gasteiger partial charge in [0.15, 0.2) is 0 Å². The molecule has 6 heteroatoms. The molecule has 1 rings (SSSR count). The highest BCUT2D eigenvalue weighted by molar-refractivity contribution is 5.80.